The average Bonchev–Trinajstić information content (AvgIpc) is 2.40. The lowest BCUT2D eigenvalue weighted by atomic mass is 10.2. The number of hydrogen-bond donors (Lipinski definition) is 2. The molecule has 2 unspecified atom stereocenters. The second kappa shape index (κ2) is 3.50. The summed E-state index contributed by atoms with van der Waals surface area (Å²) in [7, 11) is 0. The molecule has 4 nitrogen and oxygen atoms in total. The Morgan fingerprint density at radius 3 is 2.82 bits per heavy atom. The van der Waals surface area contributed by atoms with E-state index < -0.39 is 0 Å². The van der Waals surface area contributed by atoms with Gasteiger partial charge in [0.1, 0.15) is 0 Å². The van der Waals surface area contributed by atoms with Crippen LogP contribution in [0.3, 0.4) is 0 Å². The van der Waals surface area contributed by atoms with Crippen molar-refractivity contribution in [2.75, 3.05) is 6.61 Å². The van der Waals surface area contributed by atoms with Crippen molar-refractivity contribution in [3.8, 4) is 0 Å². The first-order valence-electron chi connectivity index (χ1n) is 3.61. The van der Waals surface area contributed by atoms with E-state index in [0.29, 0.717) is 0 Å². The van der Waals surface area contributed by atoms with Gasteiger partial charge < -0.3 is 10.8 Å². The number of rotatable bonds is 3. The van der Waals surface area contributed by atoms with Gasteiger partial charge in [-0.1, -0.05) is 0 Å². The number of aliphatic hydroxyl groups is 1. The van der Waals surface area contributed by atoms with E-state index in [1.54, 1.807) is 17.1 Å². The van der Waals surface area contributed by atoms with Gasteiger partial charge in [0.25, 0.3) is 0 Å². The normalized spacial score (nSPS) is 16.3. The van der Waals surface area contributed by atoms with Crippen molar-refractivity contribution < 1.29 is 5.11 Å². The zero-order chi connectivity index (χ0) is 8.27. The molecule has 0 radical (unpaired) electrons. The summed E-state index contributed by atoms with van der Waals surface area (Å²) < 4.78 is 1.67. The molecule has 0 fully saturated rings. The van der Waals surface area contributed by atoms with Gasteiger partial charge in [-0.25, -0.2) is 0 Å². The molecule has 1 rings (SSSR count). The summed E-state index contributed by atoms with van der Waals surface area (Å²) in [5.41, 5.74) is 5.62. The maximum absolute atomic E-state index is 8.93. The Bertz CT molecular complexity index is 195. The first kappa shape index (κ1) is 8.23. The maximum Gasteiger partial charge on any atom is 0.0897 e. The summed E-state index contributed by atoms with van der Waals surface area (Å²) in [6, 6.07) is 1.62. The first-order valence-corrected chi connectivity index (χ1v) is 3.61. The highest BCUT2D eigenvalue weighted by Crippen LogP contribution is 2.06. The summed E-state index contributed by atoms with van der Waals surface area (Å²) in [6.45, 7) is 1.88. The Hall–Kier alpha value is -0.870. The van der Waals surface area contributed by atoms with Crippen molar-refractivity contribution in [1.82, 2.24) is 9.78 Å². The molecule has 1 heterocycles. The lowest BCUT2D eigenvalue weighted by molar-refractivity contribution is 0.201. The maximum atomic E-state index is 8.93. The highest BCUT2D eigenvalue weighted by molar-refractivity contribution is 4.84. The molecule has 11 heavy (non-hydrogen) atoms. The SMILES string of the molecule is CC(N)C(CO)n1cccn1. The van der Waals surface area contributed by atoms with Crippen molar-refractivity contribution >= 4 is 0 Å². The molecular weight excluding hydrogens is 142 g/mol. The molecule has 0 amide bonds. The van der Waals surface area contributed by atoms with Crippen molar-refractivity contribution in [3.63, 3.8) is 0 Å². The highest BCUT2D eigenvalue weighted by atomic mass is 16.3. The number of nitrogens with two attached hydrogens (primary N) is 1. The van der Waals surface area contributed by atoms with Gasteiger partial charge in [0.2, 0.25) is 0 Å². The third-order valence-electron chi connectivity index (χ3n) is 1.66. The molecular formula is C7H13N3O. The molecule has 1 aromatic rings. The van der Waals surface area contributed by atoms with Crippen LogP contribution in [0.25, 0.3) is 0 Å². The largest absolute Gasteiger partial charge is 0.394 e. The molecule has 0 bridgehead atoms. The summed E-state index contributed by atoms with van der Waals surface area (Å²) >= 11 is 0. The molecule has 0 spiro atoms. The third kappa shape index (κ3) is 1.78. The van der Waals surface area contributed by atoms with E-state index in [1.165, 1.54) is 0 Å². The van der Waals surface area contributed by atoms with Crippen molar-refractivity contribution in [1.29, 1.82) is 0 Å². The number of aromatic nitrogens is 2. The number of nitrogens with zero attached hydrogens (tertiary/aromatic N) is 2. The van der Waals surface area contributed by atoms with Gasteiger partial charge in [0.15, 0.2) is 0 Å². The molecule has 3 N–H and O–H groups in total. The van der Waals surface area contributed by atoms with Crippen LogP contribution in [0.2, 0.25) is 0 Å². The fourth-order valence-corrected chi connectivity index (χ4v) is 0.968. The van der Waals surface area contributed by atoms with Gasteiger partial charge in [0.05, 0.1) is 12.6 Å². The Labute approximate surface area is 65.6 Å². The number of hydrogen-bond acceptors (Lipinski definition) is 3. The molecule has 2 atom stereocenters. The van der Waals surface area contributed by atoms with Crippen LogP contribution in [-0.4, -0.2) is 27.5 Å². The van der Waals surface area contributed by atoms with Crippen molar-refractivity contribution in [2.45, 2.75) is 19.0 Å². The summed E-state index contributed by atoms with van der Waals surface area (Å²) in [4.78, 5) is 0. The number of aliphatic hydroxyl groups excluding tert-OH is 1. The molecule has 1 aromatic heterocycles. The standard InChI is InChI=1S/C7H13N3O/c1-6(8)7(5-11)10-4-2-3-9-10/h2-4,6-7,11H,5,8H2,1H3. The zero-order valence-corrected chi connectivity index (χ0v) is 6.51. The minimum Gasteiger partial charge on any atom is -0.394 e. The Kier molecular flexibility index (Phi) is 2.62. The van der Waals surface area contributed by atoms with Crippen molar-refractivity contribution in [3.05, 3.63) is 18.5 Å². The second-order valence-electron chi connectivity index (χ2n) is 2.60. The van der Waals surface area contributed by atoms with Gasteiger partial charge in [-0.2, -0.15) is 5.10 Å². The lowest BCUT2D eigenvalue weighted by Gasteiger charge is -2.18. The van der Waals surface area contributed by atoms with E-state index in [0.717, 1.165) is 0 Å². The Morgan fingerprint density at radius 2 is 2.45 bits per heavy atom. The molecule has 0 aliphatic carbocycles. The van der Waals surface area contributed by atoms with E-state index in [-0.39, 0.29) is 18.7 Å². The quantitative estimate of drug-likeness (QED) is 0.633. The van der Waals surface area contributed by atoms with Gasteiger partial charge in [-0.15, -0.1) is 0 Å². The predicted molar refractivity (Wildman–Crippen MR) is 42.0 cm³/mol. The molecule has 0 aliphatic rings. The summed E-state index contributed by atoms with van der Waals surface area (Å²) in [6.07, 6.45) is 3.47. The van der Waals surface area contributed by atoms with Crippen LogP contribution in [0, 0.1) is 0 Å². The minimum atomic E-state index is -0.106. The van der Waals surface area contributed by atoms with Crippen molar-refractivity contribution in [2.24, 2.45) is 5.73 Å². The van der Waals surface area contributed by atoms with Gasteiger partial charge in [-0.05, 0) is 13.0 Å². The lowest BCUT2D eigenvalue weighted by Crippen LogP contribution is -2.32. The second-order valence-corrected chi connectivity index (χ2v) is 2.60. The average molecular weight is 155 g/mol. The monoisotopic (exact) mass is 155 g/mol. The van der Waals surface area contributed by atoms with Crippen LogP contribution in [0.5, 0.6) is 0 Å². The molecule has 0 aliphatic heterocycles. The molecule has 0 saturated heterocycles. The topological polar surface area (TPSA) is 64.1 Å². The summed E-state index contributed by atoms with van der Waals surface area (Å²) in [5, 5.41) is 12.9. The third-order valence-corrected chi connectivity index (χ3v) is 1.66. The van der Waals surface area contributed by atoms with E-state index in [4.69, 9.17) is 10.8 Å². The Balaban J connectivity index is 2.71. The van der Waals surface area contributed by atoms with E-state index in [9.17, 15) is 0 Å². The van der Waals surface area contributed by atoms with Gasteiger partial charge >= 0.3 is 0 Å². The van der Waals surface area contributed by atoms with Crippen LogP contribution in [0.1, 0.15) is 13.0 Å². The van der Waals surface area contributed by atoms with Crippen LogP contribution in [0.15, 0.2) is 18.5 Å². The first-order chi connectivity index (χ1) is 5.25. The molecule has 0 saturated carbocycles. The molecule has 62 valence electrons. The van der Waals surface area contributed by atoms with Crippen LogP contribution in [-0.2, 0) is 0 Å². The minimum absolute atomic E-state index is 0.0271. The Morgan fingerprint density at radius 1 is 1.73 bits per heavy atom. The van der Waals surface area contributed by atoms with Gasteiger partial charge in [-0.3, -0.25) is 4.68 Å². The van der Waals surface area contributed by atoms with E-state index in [1.807, 2.05) is 13.0 Å². The van der Waals surface area contributed by atoms with E-state index >= 15 is 0 Å². The van der Waals surface area contributed by atoms with Crippen LogP contribution < -0.4 is 5.73 Å². The zero-order valence-electron chi connectivity index (χ0n) is 6.51. The van der Waals surface area contributed by atoms with Crippen LogP contribution in [0.4, 0.5) is 0 Å². The van der Waals surface area contributed by atoms with Gasteiger partial charge in [0, 0.05) is 18.4 Å². The fraction of sp³-hybridized carbons (Fsp3) is 0.571. The molecule has 0 aromatic carbocycles. The van der Waals surface area contributed by atoms with Crippen LogP contribution >= 0.6 is 0 Å². The van der Waals surface area contributed by atoms with E-state index in [2.05, 4.69) is 5.10 Å². The predicted octanol–water partition coefficient (Wildman–Crippen LogP) is -0.236. The molecule has 4 heteroatoms. The highest BCUT2D eigenvalue weighted by Gasteiger charge is 2.13. The smallest absolute Gasteiger partial charge is 0.0897 e. The fourth-order valence-electron chi connectivity index (χ4n) is 0.968. The summed E-state index contributed by atoms with van der Waals surface area (Å²) in [5.74, 6) is 0.